The van der Waals surface area contributed by atoms with Gasteiger partial charge in [-0.25, -0.2) is 0 Å². The van der Waals surface area contributed by atoms with Gasteiger partial charge >= 0.3 is 11.9 Å². The maximum atomic E-state index is 12.3. The first kappa shape index (κ1) is 19.4. The summed E-state index contributed by atoms with van der Waals surface area (Å²) in [5, 5.41) is 0. The van der Waals surface area contributed by atoms with Crippen molar-refractivity contribution in [1.82, 2.24) is 0 Å². The van der Waals surface area contributed by atoms with Crippen LogP contribution < -0.4 is 0 Å². The van der Waals surface area contributed by atoms with Crippen LogP contribution in [0.5, 0.6) is 0 Å². The van der Waals surface area contributed by atoms with Crippen LogP contribution in [0.4, 0.5) is 0 Å². The first-order chi connectivity index (χ1) is 11.8. The molecule has 1 fully saturated rings. The second-order valence-corrected chi connectivity index (χ2v) is 7.05. The maximum absolute atomic E-state index is 12.3. The Morgan fingerprint density at radius 1 is 1.08 bits per heavy atom. The summed E-state index contributed by atoms with van der Waals surface area (Å²) >= 11 is 0. The number of methoxy groups -OCH3 is 1. The number of carbonyl (C=O) groups is 2. The largest absolute Gasteiger partial charge is 0.469 e. The minimum atomic E-state index is -1.14. The Labute approximate surface area is 148 Å². The fourth-order valence-electron chi connectivity index (χ4n) is 2.48. The highest BCUT2D eigenvalue weighted by atomic mass is 16.7. The first-order valence-corrected chi connectivity index (χ1v) is 8.38. The third-order valence-electron chi connectivity index (χ3n) is 4.05. The number of hydrogen-bond donors (Lipinski definition) is 0. The molecule has 138 valence electrons. The van der Waals surface area contributed by atoms with Gasteiger partial charge in [0, 0.05) is 11.8 Å². The van der Waals surface area contributed by atoms with Gasteiger partial charge in [0.25, 0.3) is 0 Å². The Morgan fingerprint density at radius 3 is 2.32 bits per heavy atom. The van der Waals surface area contributed by atoms with Gasteiger partial charge < -0.3 is 18.9 Å². The van der Waals surface area contributed by atoms with Gasteiger partial charge in [-0.3, -0.25) is 9.59 Å². The monoisotopic (exact) mass is 350 g/mol. The average Bonchev–Trinajstić information content (AvgIpc) is 2.61. The SMILES string of the molecule is COC(=O)CCC1(CC(=O)OCc2ccccc2)OCC(C)(C)CO1. The molecule has 0 aliphatic carbocycles. The lowest BCUT2D eigenvalue weighted by molar-refractivity contribution is -0.303. The van der Waals surface area contributed by atoms with Crippen molar-refractivity contribution in [2.75, 3.05) is 20.3 Å². The zero-order valence-electron chi connectivity index (χ0n) is 15.1. The minimum absolute atomic E-state index is 0.0626. The summed E-state index contributed by atoms with van der Waals surface area (Å²) in [6.45, 7) is 5.12. The van der Waals surface area contributed by atoms with E-state index in [1.54, 1.807) is 0 Å². The molecule has 0 amide bonds. The van der Waals surface area contributed by atoms with E-state index in [1.807, 2.05) is 44.2 Å². The van der Waals surface area contributed by atoms with Crippen LogP contribution in [-0.2, 0) is 35.1 Å². The Morgan fingerprint density at radius 2 is 1.72 bits per heavy atom. The number of ether oxygens (including phenoxy) is 4. The van der Waals surface area contributed by atoms with Gasteiger partial charge in [0.05, 0.1) is 33.2 Å². The lowest BCUT2D eigenvalue weighted by atomic mass is 9.93. The Kier molecular flexibility index (Phi) is 6.56. The number of rotatable bonds is 7. The summed E-state index contributed by atoms with van der Waals surface area (Å²) in [7, 11) is 1.33. The highest BCUT2D eigenvalue weighted by molar-refractivity contribution is 5.71. The Hall–Kier alpha value is -1.92. The molecule has 1 aliphatic rings. The molecule has 1 aromatic rings. The average molecular weight is 350 g/mol. The number of benzene rings is 1. The maximum Gasteiger partial charge on any atom is 0.311 e. The molecular weight excluding hydrogens is 324 g/mol. The van der Waals surface area contributed by atoms with Crippen molar-refractivity contribution >= 4 is 11.9 Å². The quantitative estimate of drug-likeness (QED) is 0.704. The molecule has 0 aromatic heterocycles. The van der Waals surface area contributed by atoms with E-state index >= 15 is 0 Å². The number of esters is 2. The second-order valence-electron chi connectivity index (χ2n) is 7.05. The van der Waals surface area contributed by atoms with Gasteiger partial charge in [-0.1, -0.05) is 44.2 Å². The van der Waals surface area contributed by atoms with Crippen LogP contribution in [0.1, 0.15) is 38.7 Å². The van der Waals surface area contributed by atoms with Crippen LogP contribution in [0.25, 0.3) is 0 Å². The fourth-order valence-corrected chi connectivity index (χ4v) is 2.48. The molecule has 2 rings (SSSR count). The molecule has 0 radical (unpaired) electrons. The molecule has 0 saturated carbocycles. The van der Waals surface area contributed by atoms with Crippen molar-refractivity contribution in [1.29, 1.82) is 0 Å². The molecule has 0 unspecified atom stereocenters. The van der Waals surface area contributed by atoms with E-state index in [0.717, 1.165) is 5.56 Å². The number of carbonyl (C=O) groups excluding carboxylic acids is 2. The second kappa shape index (κ2) is 8.45. The van der Waals surface area contributed by atoms with Crippen LogP contribution >= 0.6 is 0 Å². The van der Waals surface area contributed by atoms with Crippen LogP contribution in [0.3, 0.4) is 0 Å². The molecule has 1 saturated heterocycles. The van der Waals surface area contributed by atoms with Crippen LogP contribution in [0, 0.1) is 5.41 Å². The summed E-state index contributed by atoms with van der Waals surface area (Å²) < 4.78 is 21.7. The highest BCUT2D eigenvalue weighted by Gasteiger charge is 2.43. The van der Waals surface area contributed by atoms with Gasteiger partial charge in [-0.2, -0.15) is 0 Å². The minimum Gasteiger partial charge on any atom is -0.469 e. The van der Waals surface area contributed by atoms with Gasteiger partial charge in [0.2, 0.25) is 0 Å². The summed E-state index contributed by atoms with van der Waals surface area (Å²) in [5.41, 5.74) is 0.772. The molecule has 25 heavy (non-hydrogen) atoms. The highest BCUT2D eigenvalue weighted by Crippen LogP contribution is 2.35. The number of hydrogen-bond acceptors (Lipinski definition) is 6. The molecular formula is C19H26O6. The molecule has 0 atom stereocenters. The Balaban J connectivity index is 1.95. The first-order valence-electron chi connectivity index (χ1n) is 8.38. The summed E-state index contributed by atoms with van der Waals surface area (Å²) in [6, 6.07) is 9.44. The standard InChI is InChI=1S/C19H26O6/c1-18(2)13-24-19(25-14-18,10-9-16(20)22-3)11-17(21)23-12-15-7-5-4-6-8-15/h4-8H,9-14H2,1-3H3. The van der Waals surface area contributed by atoms with Gasteiger partial charge in [-0.15, -0.1) is 0 Å². The molecule has 1 heterocycles. The molecule has 1 aromatic carbocycles. The van der Waals surface area contributed by atoms with Gasteiger partial charge in [0.1, 0.15) is 6.61 Å². The molecule has 0 bridgehead atoms. The topological polar surface area (TPSA) is 71.1 Å². The van der Waals surface area contributed by atoms with Crippen molar-refractivity contribution in [3.8, 4) is 0 Å². The predicted octanol–water partition coefficient (Wildman–Crippen LogP) is 2.84. The summed E-state index contributed by atoms with van der Waals surface area (Å²) in [5.74, 6) is -1.93. The van der Waals surface area contributed by atoms with Crippen molar-refractivity contribution in [3.05, 3.63) is 35.9 Å². The smallest absolute Gasteiger partial charge is 0.311 e. The predicted molar refractivity (Wildman–Crippen MR) is 90.5 cm³/mol. The normalized spacial score (nSPS) is 18.4. The molecule has 0 spiro atoms. The molecule has 0 N–H and O–H groups in total. The van der Waals surface area contributed by atoms with Crippen molar-refractivity contribution < 1.29 is 28.5 Å². The van der Waals surface area contributed by atoms with Crippen molar-refractivity contribution in [2.24, 2.45) is 5.41 Å². The third kappa shape index (κ3) is 6.14. The van der Waals surface area contributed by atoms with Crippen molar-refractivity contribution in [3.63, 3.8) is 0 Å². The van der Waals surface area contributed by atoms with Gasteiger partial charge in [0.15, 0.2) is 5.79 Å². The van der Waals surface area contributed by atoms with E-state index < -0.39 is 11.8 Å². The third-order valence-corrected chi connectivity index (χ3v) is 4.05. The molecule has 1 aliphatic heterocycles. The van der Waals surface area contributed by atoms with Crippen LogP contribution in [0.15, 0.2) is 30.3 Å². The van der Waals surface area contributed by atoms with Gasteiger partial charge in [-0.05, 0) is 5.56 Å². The van der Waals surface area contributed by atoms with E-state index in [0.29, 0.717) is 13.2 Å². The fraction of sp³-hybridized carbons (Fsp3) is 0.579. The van der Waals surface area contributed by atoms with E-state index in [4.69, 9.17) is 14.2 Å². The lowest BCUT2D eigenvalue weighted by Gasteiger charge is -2.43. The van der Waals surface area contributed by atoms with E-state index in [1.165, 1.54) is 7.11 Å². The summed E-state index contributed by atoms with van der Waals surface area (Å²) in [6.07, 6.45) is 0.298. The summed E-state index contributed by atoms with van der Waals surface area (Å²) in [4.78, 5) is 23.7. The zero-order valence-corrected chi connectivity index (χ0v) is 15.1. The Bertz CT molecular complexity index is 571. The van der Waals surface area contributed by atoms with E-state index in [2.05, 4.69) is 4.74 Å². The van der Waals surface area contributed by atoms with Crippen LogP contribution in [0.2, 0.25) is 0 Å². The van der Waals surface area contributed by atoms with Crippen LogP contribution in [-0.4, -0.2) is 38.0 Å². The zero-order chi connectivity index (χ0) is 18.3. The molecule has 6 nitrogen and oxygen atoms in total. The van der Waals surface area contributed by atoms with Crippen molar-refractivity contribution in [2.45, 2.75) is 45.5 Å². The van der Waals surface area contributed by atoms with E-state index in [-0.39, 0.29) is 37.3 Å². The van der Waals surface area contributed by atoms with E-state index in [9.17, 15) is 9.59 Å². The molecule has 6 heteroatoms. The lowest BCUT2D eigenvalue weighted by Crippen LogP contribution is -2.49.